The Kier molecular flexibility index (Phi) is 63.7. The van der Waals surface area contributed by atoms with Gasteiger partial charge in [-0.05, 0) is 46.6 Å². The second-order valence-electron chi connectivity index (χ2n) is 12.0. The molecule has 0 unspecified atom stereocenters. The number of ether oxygens (including phenoxy) is 1. The Bertz CT molecular complexity index is 1290. The molecule has 0 saturated carbocycles. The average molecular weight is 785 g/mol. The number of aliphatic imine (C=N–C) groups is 6. The summed E-state index contributed by atoms with van der Waals surface area (Å²) in [5, 5.41) is 0. The molecule has 0 amide bonds. The molecule has 0 heterocycles. The van der Waals surface area contributed by atoms with Gasteiger partial charge in [0.15, 0.2) is 0 Å². The normalized spacial score (nSPS) is 9.14. The molecule has 0 N–H and O–H groups in total. The Balaban J connectivity index is -0.000000208. The molecule has 314 valence electrons. The number of hydrogen-bond donors (Lipinski definition) is 0. The van der Waals surface area contributed by atoms with E-state index >= 15 is 0 Å². The molecule has 0 spiro atoms. The Morgan fingerprint density at radius 2 is 1.00 bits per heavy atom. The molecule has 1 rings (SSSR count). The number of rotatable bonds is 24. The maximum atomic E-state index is 10.3. The van der Waals surface area contributed by atoms with E-state index in [1.165, 1.54) is 128 Å². The van der Waals surface area contributed by atoms with Crippen molar-refractivity contribution in [1.82, 2.24) is 0 Å². The highest BCUT2D eigenvalue weighted by atomic mass is 16.5. The van der Waals surface area contributed by atoms with E-state index in [-0.39, 0.29) is 18.6 Å². The highest BCUT2D eigenvalue weighted by Crippen LogP contribution is 2.15. The van der Waals surface area contributed by atoms with Crippen LogP contribution in [0.3, 0.4) is 0 Å². The Morgan fingerprint density at radius 1 is 0.571 bits per heavy atom. The van der Waals surface area contributed by atoms with E-state index in [9.17, 15) is 24.0 Å². The third kappa shape index (κ3) is 67.1. The summed E-state index contributed by atoms with van der Waals surface area (Å²) in [6, 6.07) is 9.67. The molecule has 0 radical (unpaired) electrons. The fraction of sp³-hybridized carbons (Fsp3) is 0.690. The third-order valence-electron chi connectivity index (χ3n) is 6.92. The van der Waals surface area contributed by atoms with Gasteiger partial charge in [0, 0.05) is 13.6 Å². The number of carbonyl (C=O) groups excluding carboxylic acids is 7. The minimum Gasteiger partial charge on any atom is -0.465 e. The minimum atomic E-state index is -0.499. The Hall–Kier alpha value is -5.03. The van der Waals surface area contributed by atoms with Crippen LogP contribution in [0.15, 0.2) is 60.3 Å². The number of nitrogens with zero attached hydrogens (tertiary/aromatic N) is 6. The van der Waals surface area contributed by atoms with E-state index in [2.05, 4.69) is 41.6 Å². The first-order valence-corrected chi connectivity index (χ1v) is 19.6. The number of esters is 1. The van der Waals surface area contributed by atoms with Crippen molar-refractivity contribution < 1.29 is 38.3 Å². The Labute approximate surface area is 335 Å². The molecule has 0 bridgehead atoms. The second-order valence-corrected chi connectivity index (χ2v) is 12.0. The standard InChI is InChI=1S/C19H37NO.C9H9NO.C5H7NO3.C4H7NO.C3H5NO.C2H3NO/c1-2-3-4-5-6-7-8-9-10-11-12-13-14-15-16-17-18-20-19-21;1-8(10-7-11)9-5-3-2-4-6-9;1-2-9-5(8)3-6-4-7;1-4(2)5-3-6;1-2-4-3-5;1-3-2-4/h2-18H2,1H3;2-6,8H,1H3;2-3H2,1H3;4H,1-2H3;2H2,1H3;1H3/t;8-;;;;/m.0..../s1. The zero-order chi connectivity index (χ0) is 43.2. The highest BCUT2D eigenvalue weighted by molar-refractivity contribution is 5.72. The van der Waals surface area contributed by atoms with Crippen molar-refractivity contribution in [2.45, 2.75) is 156 Å². The molecule has 1 atom stereocenters. The molecule has 0 aliphatic rings. The topological polar surface area (TPSA) is 203 Å². The van der Waals surface area contributed by atoms with Crippen molar-refractivity contribution in [2.24, 2.45) is 30.0 Å². The fourth-order valence-corrected chi connectivity index (χ4v) is 4.14. The largest absolute Gasteiger partial charge is 0.465 e. The van der Waals surface area contributed by atoms with Crippen LogP contribution in [0.1, 0.15) is 156 Å². The lowest BCUT2D eigenvalue weighted by molar-refractivity contribution is -0.141. The predicted molar refractivity (Wildman–Crippen MR) is 221 cm³/mol. The monoisotopic (exact) mass is 785 g/mol. The predicted octanol–water partition coefficient (Wildman–Crippen LogP) is 9.58. The van der Waals surface area contributed by atoms with Crippen molar-refractivity contribution >= 4 is 42.4 Å². The van der Waals surface area contributed by atoms with Gasteiger partial charge in [-0.1, -0.05) is 134 Å². The second kappa shape index (κ2) is 59.3. The van der Waals surface area contributed by atoms with Crippen LogP contribution in [-0.2, 0) is 38.3 Å². The van der Waals surface area contributed by atoms with E-state index in [0.29, 0.717) is 19.7 Å². The van der Waals surface area contributed by atoms with Crippen molar-refractivity contribution in [3.63, 3.8) is 0 Å². The maximum absolute atomic E-state index is 10.3. The van der Waals surface area contributed by atoms with Gasteiger partial charge in [0.25, 0.3) is 0 Å². The molecule has 1 aromatic rings. The van der Waals surface area contributed by atoms with Crippen molar-refractivity contribution in [1.29, 1.82) is 0 Å². The van der Waals surface area contributed by atoms with Crippen LogP contribution in [0.4, 0.5) is 0 Å². The fourth-order valence-electron chi connectivity index (χ4n) is 4.14. The lowest BCUT2D eigenvalue weighted by atomic mass is 10.0. The molecular formula is C42H68N6O8. The molecule has 0 aliphatic carbocycles. The summed E-state index contributed by atoms with van der Waals surface area (Å²) >= 11 is 0. The Morgan fingerprint density at radius 3 is 1.30 bits per heavy atom. The number of unbranched alkanes of at least 4 members (excludes halogenated alkanes) is 15. The molecule has 0 aromatic heterocycles. The maximum Gasteiger partial charge on any atom is 0.328 e. The van der Waals surface area contributed by atoms with Crippen LogP contribution in [0.25, 0.3) is 0 Å². The number of isocyanates is 6. The molecule has 0 fully saturated rings. The zero-order valence-electron chi connectivity index (χ0n) is 35.1. The van der Waals surface area contributed by atoms with Crippen LogP contribution >= 0.6 is 0 Å². The summed E-state index contributed by atoms with van der Waals surface area (Å²) < 4.78 is 4.43. The lowest BCUT2D eigenvalue weighted by Crippen LogP contribution is -2.06. The average Bonchev–Trinajstić information content (AvgIpc) is 3.20. The van der Waals surface area contributed by atoms with Crippen LogP contribution in [0, 0.1) is 0 Å². The first kappa shape index (κ1) is 60.2. The lowest BCUT2D eigenvalue weighted by Gasteiger charge is -2.03. The summed E-state index contributed by atoms with van der Waals surface area (Å²) in [4.78, 5) is 86.4. The van der Waals surface area contributed by atoms with Gasteiger partial charge in [-0.25, -0.2) is 48.7 Å². The SMILES string of the molecule is CC(C)N=C=O.CCCCCCCCCCCCCCCCCCN=C=O.CCN=C=O.CCOC(=O)CN=C=O.CN=C=O.C[C@H](N=C=O)c1ccccc1. The van der Waals surface area contributed by atoms with Gasteiger partial charge in [-0.2, -0.15) is 9.98 Å². The van der Waals surface area contributed by atoms with Gasteiger partial charge >= 0.3 is 5.97 Å². The molecular weight excluding hydrogens is 716 g/mol. The first-order chi connectivity index (χ1) is 27.2. The van der Waals surface area contributed by atoms with E-state index in [1.54, 1.807) is 26.0 Å². The van der Waals surface area contributed by atoms with Crippen LogP contribution in [0.2, 0.25) is 0 Å². The van der Waals surface area contributed by atoms with Crippen LogP contribution < -0.4 is 0 Å². The van der Waals surface area contributed by atoms with Gasteiger partial charge in [-0.3, -0.25) is 4.79 Å². The van der Waals surface area contributed by atoms with Crippen molar-refractivity contribution in [3.05, 3.63) is 35.9 Å². The zero-order valence-corrected chi connectivity index (χ0v) is 35.1. The van der Waals surface area contributed by atoms with E-state index < -0.39 is 5.97 Å². The quantitative estimate of drug-likeness (QED) is 0.0426. The minimum absolute atomic E-state index is 0.0753. The van der Waals surface area contributed by atoms with Crippen LogP contribution in [0.5, 0.6) is 0 Å². The summed E-state index contributed by atoms with van der Waals surface area (Å²) in [6.45, 7) is 12.6. The van der Waals surface area contributed by atoms with Gasteiger partial charge in [-0.15, -0.1) is 0 Å². The summed E-state index contributed by atoms with van der Waals surface area (Å²) in [7, 11) is 1.38. The van der Waals surface area contributed by atoms with Gasteiger partial charge < -0.3 is 4.74 Å². The van der Waals surface area contributed by atoms with Gasteiger partial charge in [0.1, 0.15) is 6.54 Å². The molecule has 14 nitrogen and oxygen atoms in total. The third-order valence-corrected chi connectivity index (χ3v) is 6.92. The van der Waals surface area contributed by atoms with Gasteiger partial charge in [0.2, 0.25) is 36.5 Å². The first-order valence-electron chi connectivity index (χ1n) is 19.6. The van der Waals surface area contributed by atoms with E-state index in [1.807, 2.05) is 51.1 Å². The smallest absolute Gasteiger partial charge is 0.328 e. The van der Waals surface area contributed by atoms with Gasteiger partial charge in [0.05, 0.1) is 25.2 Å². The summed E-state index contributed by atoms with van der Waals surface area (Å²) in [5.41, 5.74) is 1.04. The molecule has 0 aliphatic heterocycles. The van der Waals surface area contributed by atoms with E-state index in [4.69, 9.17) is 9.59 Å². The van der Waals surface area contributed by atoms with E-state index in [0.717, 1.165) is 12.0 Å². The molecule has 56 heavy (non-hydrogen) atoms. The van der Waals surface area contributed by atoms with Crippen molar-refractivity contribution in [3.8, 4) is 0 Å². The number of carbonyl (C=O) groups is 1. The van der Waals surface area contributed by atoms with Crippen LogP contribution in [-0.4, -0.2) is 81.8 Å². The summed E-state index contributed by atoms with van der Waals surface area (Å²) in [6.07, 6.45) is 30.5. The molecule has 0 saturated heterocycles. The number of hydrogen-bond acceptors (Lipinski definition) is 14. The van der Waals surface area contributed by atoms with Crippen molar-refractivity contribution in [2.75, 3.05) is 33.3 Å². The molecule has 14 heteroatoms. The molecule has 1 aromatic carbocycles. The summed E-state index contributed by atoms with van der Waals surface area (Å²) in [5.74, 6) is -0.499. The highest BCUT2D eigenvalue weighted by Gasteiger charge is 2.00. The number of benzene rings is 1.